The van der Waals surface area contributed by atoms with Crippen LogP contribution in [0.25, 0.3) is 0 Å². The molecule has 0 radical (unpaired) electrons. The molecule has 5 nitrogen and oxygen atoms in total. The van der Waals surface area contributed by atoms with Gasteiger partial charge in [0.1, 0.15) is 0 Å². The predicted molar refractivity (Wildman–Crippen MR) is 50.6 cm³/mol. The van der Waals surface area contributed by atoms with Crippen molar-refractivity contribution in [1.29, 1.82) is 0 Å². The van der Waals surface area contributed by atoms with Gasteiger partial charge in [-0.15, -0.1) is 5.10 Å². The molecule has 0 bridgehead atoms. The number of rotatable bonds is 4. The molecule has 0 fully saturated rings. The predicted octanol–water partition coefficient (Wildman–Crippen LogP) is 1.23. The van der Waals surface area contributed by atoms with Crippen molar-refractivity contribution in [3.63, 3.8) is 0 Å². The summed E-state index contributed by atoms with van der Waals surface area (Å²) in [5.74, 6) is 0.422. The highest BCUT2D eigenvalue weighted by Gasteiger charge is 2.13. The van der Waals surface area contributed by atoms with Crippen molar-refractivity contribution in [3.8, 4) is 6.01 Å². The lowest BCUT2D eigenvalue weighted by atomic mass is 10.2. The van der Waals surface area contributed by atoms with Gasteiger partial charge in [0.2, 0.25) is 5.95 Å². The SMILES string of the molecule is CCC(CC)n1nc(OC)nc1N. The van der Waals surface area contributed by atoms with Crippen LogP contribution in [0.4, 0.5) is 5.95 Å². The number of aromatic nitrogens is 3. The van der Waals surface area contributed by atoms with Crippen molar-refractivity contribution >= 4 is 5.95 Å². The van der Waals surface area contributed by atoms with Crippen LogP contribution in [0.2, 0.25) is 0 Å². The van der Waals surface area contributed by atoms with E-state index in [2.05, 4.69) is 23.9 Å². The third kappa shape index (κ3) is 1.91. The lowest BCUT2D eigenvalue weighted by molar-refractivity contribution is 0.361. The van der Waals surface area contributed by atoms with Gasteiger partial charge >= 0.3 is 6.01 Å². The molecule has 5 heteroatoms. The molecule has 13 heavy (non-hydrogen) atoms. The summed E-state index contributed by atoms with van der Waals surface area (Å²) >= 11 is 0. The summed E-state index contributed by atoms with van der Waals surface area (Å²) in [6.07, 6.45) is 1.99. The summed E-state index contributed by atoms with van der Waals surface area (Å²) in [7, 11) is 1.53. The van der Waals surface area contributed by atoms with Gasteiger partial charge < -0.3 is 10.5 Å². The van der Waals surface area contributed by atoms with Gasteiger partial charge in [0, 0.05) is 0 Å². The molecule has 0 unspecified atom stereocenters. The summed E-state index contributed by atoms with van der Waals surface area (Å²) in [5, 5.41) is 4.13. The molecule has 0 aliphatic rings. The average Bonchev–Trinajstić information content (AvgIpc) is 2.50. The fourth-order valence-electron chi connectivity index (χ4n) is 1.30. The first kappa shape index (κ1) is 9.83. The van der Waals surface area contributed by atoms with E-state index in [4.69, 9.17) is 10.5 Å². The number of hydrogen-bond donors (Lipinski definition) is 1. The third-order valence-electron chi connectivity index (χ3n) is 2.11. The van der Waals surface area contributed by atoms with Gasteiger partial charge in [-0.05, 0) is 12.8 Å². The van der Waals surface area contributed by atoms with E-state index in [1.54, 1.807) is 4.68 Å². The molecule has 1 rings (SSSR count). The van der Waals surface area contributed by atoms with Crippen molar-refractivity contribution in [2.45, 2.75) is 32.7 Å². The maximum atomic E-state index is 5.68. The first-order valence-electron chi connectivity index (χ1n) is 4.48. The third-order valence-corrected chi connectivity index (χ3v) is 2.11. The molecular weight excluding hydrogens is 168 g/mol. The molecule has 0 atom stereocenters. The maximum Gasteiger partial charge on any atom is 0.337 e. The molecule has 2 N–H and O–H groups in total. The van der Waals surface area contributed by atoms with Gasteiger partial charge in [-0.2, -0.15) is 4.98 Å². The zero-order valence-electron chi connectivity index (χ0n) is 8.32. The van der Waals surface area contributed by atoms with Gasteiger partial charge in [-0.3, -0.25) is 0 Å². The van der Waals surface area contributed by atoms with E-state index in [9.17, 15) is 0 Å². The van der Waals surface area contributed by atoms with Crippen LogP contribution < -0.4 is 10.5 Å². The molecule has 74 valence electrons. The Bertz CT molecular complexity index is 267. The van der Waals surface area contributed by atoms with Crippen molar-refractivity contribution in [2.75, 3.05) is 12.8 Å². The summed E-state index contributed by atoms with van der Waals surface area (Å²) < 4.78 is 6.61. The quantitative estimate of drug-likeness (QED) is 0.764. The van der Waals surface area contributed by atoms with Crippen LogP contribution in [-0.4, -0.2) is 21.9 Å². The second-order valence-electron chi connectivity index (χ2n) is 2.87. The summed E-state index contributed by atoms with van der Waals surface area (Å²) in [4.78, 5) is 3.95. The number of hydrogen-bond acceptors (Lipinski definition) is 4. The second-order valence-corrected chi connectivity index (χ2v) is 2.87. The van der Waals surface area contributed by atoms with Gasteiger partial charge in [-0.1, -0.05) is 13.8 Å². The zero-order valence-corrected chi connectivity index (χ0v) is 8.32. The van der Waals surface area contributed by atoms with Crippen molar-refractivity contribution in [1.82, 2.24) is 14.8 Å². The lowest BCUT2D eigenvalue weighted by Crippen LogP contribution is -2.11. The summed E-state index contributed by atoms with van der Waals surface area (Å²) in [6.45, 7) is 4.20. The molecule has 0 aliphatic carbocycles. The average molecular weight is 184 g/mol. The van der Waals surface area contributed by atoms with Crippen LogP contribution in [0.15, 0.2) is 0 Å². The Kier molecular flexibility index (Phi) is 3.11. The maximum absolute atomic E-state index is 5.68. The topological polar surface area (TPSA) is 66.0 Å². The van der Waals surface area contributed by atoms with Crippen LogP contribution in [0, 0.1) is 0 Å². The zero-order chi connectivity index (χ0) is 9.84. The van der Waals surface area contributed by atoms with E-state index in [1.807, 2.05) is 0 Å². The first-order valence-corrected chi connectivity index (χ1v) is 4.48. The van der Waals surface area contributed by atoms with Gasteiger partial charge in [0.05, 0.1) is 13.2 Å². The molecule has 1 aromatic heterocycles. The monoisotopic (exact) mass is 184 g/mol. The molecular formula is C8H16N4O. The standard InChI is InChI=1S/C8H16N4O/c1-4-6(5-2)12-7(9)10-8(11-12)13-3/h6H,4-5H2,1-3H3,(H2,9,10,11). The van der Waals surface area contributed by atoms with E-state index in [0.717, 1.165) is 12.8 Å². The Labute approximate surface area is 77.9 Å². The second kappa shape index (κ2) is 4.11. The number of nitrogens with two attached hydrogens (primary N) is 1. The Hall–Kier alpha value is -1.26. The molecule has 0 aliphatic heterocycles. The fourth-order valence-corrected chi connectivity index (χ4v) is 1.30. The largest absolute Gasteiger partial charge is 0.466 e. The Morgan fingerprint density at radius 3 is 2.46 bits per heavy atom. The van der Waals surface area contributed by atoms with E-state index < -0.39 is 0 Å². The molecule has 0 saturated heterocycles. The number of anilines is 1. The number of nitrogen functional groups attached to an aromatic ring is 1. The Balaban J connectivity index is 2.91. The minimum Gasteiger partial charge on any atom is -0.466 e. The summed E-state index contributed by atoms with van der Waals surface area (Å²) in [5.41, 5.74) is 5.68. The number of methoxy groups -OCH3 is 1. The van der Waals surface area contributed by atoms with Crippen LogP contribution in [-0.2, 0) is 0 Å². The summed E-state index contributed by atoms with van der Waals surface area (Å²) in [6, 6.07) is 0.654. The number of nitrogens with zero attached hydrogens (tertiary/aromatic N) is 3. The highest BCUT2D eigenvalue weighted by Crippen LogP contribution is 2.19. The van der Waals surface area contributed by atoms with E-state index in [-0.39, 0.29) is 0 Å². The highest BCUT2D eigenvalue weighted by molar-refractivity contribution is 5.19. The lowest BCUT2D eigenvalue weighted by Gasteiger charge is -2.12. The normalized spacial score (nSPS) is 10.8. The smallest absolute Gasteiger partial charge is 0.337 e. The Morgan fingerprint density at radius 2 is 2.08 bits per heavy atom. The van der Waals surface area contributed by atoms with Crippen molar-refractivity contribution in [2.24, 2.45) is 0 Å². The van der Waals surface area contributed by atoms with Crippen LogP contribution >= 0.6 is 0 Å². The van der Waals surface area contributed by atoms with Gasteiger partial charge in [0.25, 0.3) is 0 Å². The first-order chi connectivity index (χ1) is 6.22. The van der Waals surface area contributed by atoms with E-state index in [0.29, 0.717) is 18.0 Å². The minimum absolute atomic E-state index is 0.316. The van der Waals surface area contributed by atoms with Crippen molar-refractivity contribution in [3.05, 3.63) is 0 Å². The molecule has 0 aromatic carbocycles. The molecule has 1 aromatic rings. The van der Waals surface area contributed by atoms with E-state index in [1.165, 1.54) is 7.11 Å². The van der Waals surface area contributed by atoms with Crippen LogP contribution in [0.3, 0.4) is 0 Å². The molecule has 0 saturated carbocycles. The Morgan fingerprint density at radius 1 is 1.46 bits per heavy atom. The van der Waals surface area contributed by atoms with Crippen LogP contribution in [0.5, 0.6) is 6.01 Å². The van der Waals surface area contributed by atoms with E-state index >= 15 is 0 Å². The van der Waals surface area contributed by atoms with Gasteiger partial charge in [0.15, 0.2) is 0 Å². The minimum atomic E-state index is 0.316. The van der Waals surface area contributed by atoms with Gasteiger partial charge in [-0.25, -0.2) is 4.68 Å². The fraction of sp³-hybridized carbons (Fsp3) is 0.750. The highest BCUT2D eigenvalue weighted by atomic mass is 16.5. The van der Waals surface area contributed by atoms with Crippen LogP contribution in [0.1, 0.15) is 32.7 Å². The van der Waals surface area contributed by atoms with Crippen molar-refractivity contribution < 1.29 is 4.74 Å². The molecule has 0 amide bonds. The number of ether oxygens (including phenoxy) is 1. The molecule has 1 heterocycles. The molecule has 0 spiro atoms.